The number of nitrogens with one attached hydrogen (secondary N) is 1. The van der Waals surface area contributed by atoms with Gasteiger partial charge in [0.15, 0.2) is 0 Å². The van der Waals surface area contributed by atoms with E-state index in [0.717, 1.165) is 17.0 Å². The van der Waals surface area contributed by atoms with Crippen LogP contribution in [0.1, 0.15) is 17.2 Å². The molecular formula is C16H14ClIN2S. The number of hydrazine groups is 1. The fraction of sp³-hybridized carbons (Fsp3) is 0.125. The highest BCUT2D eigenvalue weighted by molar-refractivity contribution is 14.1. The second-order valence-electron chi connectivity index (χ2n) is 4.85. The summed E-state index contributed by atoms with van der Waals surface area (Å²) in [5, 5.41) is 4.26. The van der Waals surface area contributed by atoms with Crippen LogP contribution >= 0.6 is 45.5 Å². The zero-order chi connectivity index (χ0) is 14.8. The molecule has 1 aromatic heterocycles. The summed E-state index contributed by atoms with van der Waals surface area (Å²) in [5.74, 6) is 5.79. The van der Waals surface area contributed by atoms with Crippen LogP contribution in [0.25, 0.3) is 10.1 Å². The van der Waals surface area contributed by atoms with Gasteiger partial charge in [-0.15, -0.1) is 11.3 Å². The number of halogens is 2. The molecule has 3 aromatic rings. The lowest BCUT2D eigenvalue weighted by atomic mass is 9.99. The molecule has 1 atom stereocenters. The van der Waals surface area contributed by atoms with Gasteiger partial charge in [0.25, 0.3) is 0 Å². The van der Waals surface area contributed by atoms with Gasteiger partial charge in [0.2, 0.25) is 0 Å². The third-order valence-corrected chi connectivity index (χ3v) is 5.75. The molecule has 2 aromatic carbocycles. The van der Waals surface area contributed by atoms with Gasteiger partial charge in [-0.1, -0.05) is 29.8 Å². The molecule has 0 radical (unpaired) electrons. The lowest BCUT2D eigenvalue weighted by Gasteiger charge is -2.18. The van der Waals surface area contributed by atoms with Gasteiger partial charge >= 0.3 is 0 Å². The summed E-state index contributed by atoms with van der Waals surface area (Å²) in [5.41, 5.74) is 5.38. The van der Waals surface area contributed by atoms with Crippen molar-refractivity contribution < 1.29 is 0 Å². The zero-order valence-corrected chi connectivity index (χ0v) is 14.9. The first-order chi connectivity index (χ1) is 10.2. The van der Waals surface area contributed by atoms with E-state index in [1.165, 1.54) is 19.2 Å². The smallest absolute Gasteiger partial charge is 0.0511 e. The fourth-order valence-corrected chi connectivity index (χ4v) is 4.32. The quantitative estimate of drug-likeness (QED) is 0.352. The van der Waals surface area contributed by atoms with Crippen LogP contribution in [-0.2, 0) is 6.42 Å². The number of fused-ring (bicyclic) bond motifs is 1. The molecule has 21 heavy (non-hydrogen) atoms. The molecule has 0 bridgehead atoms. The van der Waals surface area contributed by atoms with E-state index in [-0.39, 0.29) is 6.04 Å². The Balaban J connectivity index is 1.96. The molecule has 1 heterocycles. The Labute approximate surface area is 146 Å². The van der Waals surface area contributed by atoms with Gasteiger partial charge in [0.1, 0.15) is 0 Å². The highest BCUT2D eigenvalue weighted by Gasteiger charge is 2.16. The van der Waals surface area contributed by atoms with Crippen molar-refractivity contribution in [1.29, 1.82) is 0 Å². The van der Waals surface area contributed by atoms with Gasteiger partial charge < -0.3 is 0 Å². The summed E-state index contributed by atoms with van der Waals surface area (Å²) in [6, 6.07) is 14.4. The number of nitrogens with two attached hydrogens (primary N) is 1. The normalized spacial score (nSPS) is 12.7. The molecule has 0 spiro atoms. The maximum Gasteiger partial charge on any atom is 0.0511 e. The van der Waals surface area contributed by atoms with Crippen molar-refractivity contribution >= 4 is 55.6 Å². The first-order valence-corrected chi connectivity index (χ1v) is 8.89. The summed E-state index contributed by atoms with van der Waals surface area (Å²) >= 11 is 10.2. The average molecular weight is 429 g/mol. The lowest BCUT2D eigenvalue weighted by Crippen LogP contribution is -2.30. The van der Waals surface area contributed by atoms with E-state index in [9.17, 15) is 0 Å². The van der Waals surface area contributed by atoms with E-state index in [4.69, 9.17) is 17.4 Å². The Morgan fingerprint density at radius 3 is 2.86 bits per heavy atom. The summed E-state index contributed by atoms with van der Waals surface area (Å²) in [6.45, 7) is 0. The first-order valence-electron chi connectivity index (χ1n) is 6.55. The maximum atomic E-state index is 6.12. The SMILES string of the molecule is NNC(Cc1csc2ccccc12)c1cc(Cl)ccc1I. The highest BCUT2D eigenvalue weighted by Crippen LogP contribution is 2.31. The largest absolute Gasteiger partial charge is 0.271 e. The minimum atomic E-state index is 0.0496. The topological polar surface area (TPSA) is 38.0 Å². The molecule has 3 N–H and O–H groups in total. The molecule has 0 saturated carbocycles. The zero-order valence-electron chi connectivity index (χ0n) is 11.1. The van der Waals surface area contributed by atoms with Gasteiger partial charge in [-0.25, -0.2) is 0 Å². The summed E-state index contributed by atoms with van der Waals surface area (Å²) in [7, 11) is 0. The molecule has 5 heteroatoms. The molecule has 0 aliphatic rings. The van der Waals surface area contributed by atoms with Gasteiger partial charge in [-0.2, -0.15) is 0 Å². The van der Waals surface area contributed by atoms with Crippen molar-refractivity contribution in [2.75, 3.05) is 0 Å². The van der Waals surface area contributed by atoms with Gasteiger partial charge in [0, 0.05) is 13.3 Å². The molecule has 0 aliphatic carbocycles. The Hall–Kier alpha value is -0.660. The van der Waals surface area contributed by atoms with E-state index in [0.29, 0.717) is 0 Å². The van der Waals surface area contributed by atoms with E-state index in [1.54, 1.807) is 11.3 Å². The Morgan fingerprint density at radius 1 is 1.24 bits per heavy atom. The van der Waals surface area contributed by atoms with Crippen LogP contribution in [0.15, 0.2) is 47.8 Å². The van der Waals surface area contributed by atoms with Crippen LogP contribution in [0.3, 0.4) is 0 Å². The van der Waals surface area contributed by atoms with Gasteiger partial charge in [-0.3, -0.25) is 11.3 Å². The lowest BCUT2D eigenvalue weighted by molar-refractivity contribution is 0.552. The van der Waals surface area contributed by atoms with Crippen LogP contribution in [0.2, 0.25) is 5.02 Å². The van der Waals surface area contributed by atoms with Crippen LogP contribution < -0.4 is 11.3 Å². The van der Waals surface area contributed by atoms with E-state index in [1.807, 2.05) is 18.2 Å². The molecule has 1 unspecified atom stereocenters. The van der Waals surface area contributed by atoms with Crippen molar-refractivity contribution in [2.45, 2.75) is 12.5 Å². The molecule has 0 saturated heterocycles. The Kier molecular flexibility index (Phi) is 4.81. The predicted molar refractivity (Wildman–Crippen MR) is 99.8 cm³/mol. The number of hydrogen-bond donors (Lipinski definition) is 2. The first kappa shape index (κ1) is 15.2. The number of benzene rings is 2. The predicted octanol–water partition coefficient (Wildman–Crippen LogP) is 4.91. The van der Waals surface area contributed by atoms with E-state index in [2.05, 4.69) is 57.7 Å². The summed E-state index contributed by atoms with van der Waals surface area (Å²) in [4.78, 5) is 0. The van der Waals surface area contributed by atoms with Crippen LogP contribution in [-0.4, -0.2) is 0 Å². The summed E-state index contributed by atoms with van der Waals surface area (Å²) < 4.78 is 2.48. The molecule has 0 aliphatic heterocycles. The average Bonchev–Trinajstić information content (AvgIpc) is 2.91. The van der Waals surface area contributed by atoms with Crippen LogP contribution in [0, 0.1) is 3.57 Å². The maximum absolute atomic E-state index is 6.12. The van der Waals surface area contributed by atoms with Gasteiger partial charge in [0.05, 0.1) is 6.04 Å². The molecule has 108 valence electrons. The third kappa shape index (κ3) is 3.24. The van der Waals surface area contributed by atoms with Crippen molar-refractivity contribution in [3.63, 3.8) is 0 Å². The number of hydrogen-bond acceptors (Lipinski definition) is 3. The second kappa shape index (κ2) is 6.62. The fourth-order valence-electron chi connectivity index (χ4n) is 2.45. The van der Waals surface area contributed by atoms with Crippen LogP contribution in [0.5, 0.6) is 0 Å². The van der Waals surface area contributed by atoms with E-state index < -0.39 is 0 Å². The molecule has 0 fully saturated rings. The molecular weight excluding hydrogens is 415 g/mol. The third-order valence-electron chi connectivity index (χ3n) is 3.52. The van der Waals surface area contributed by atoms with Crippen LogP contribution in [0.4, 0.5) is 0 Å². The summed E-state index contributed by atoms with van der Waals surface area (Å²) in [6.07, 6.45) is 0.844. The van der Waals surface area contributed by atoms with Crippen molar-refractivity contribution in [1.82, 2.24) is 5.43 Å². The minimum absolute atomic E-state index is 0.0496. The molecule has 0 amide bonds. The van der Waals surface area contributed by atoms with Gasteiger partial charge in [-0.05, 0) is 75.2 Å². The molecule has 2 nitrogen and oxygen atoms in total. The van der Waals surface area contributed by atoms with Crippen molar-refractivity contribution in [2.24, 2.45) is 5.84 Å². The van der Waals surface area contributed by atoms with E-state index >= 15 is 0 Å². The minimum Gasteiger partial charge on any atom is -0.271 e. The standard InChI is InChI=1S/C16H14ClIN2S/c17-11-5-6-14(18)13(8-11)15(20-19)7-10-9-21-16-4-2-1-3-12(10)16/h1-6,8-9,15,20H,7,19H2. The number of rotatable bonds is 4. The Bertz CT molecular complexity index is 772. The monoisotopic (exact) mass is 428 g/mol. The van der Waals surface area contributed by atoms with Crippen molar-refractivity contribution in [3.05, 3.63) is 67.6 Å². The Morgan fingerprint density at radius 2 is 2.05 bits per heavy atom. The highest BCUT2D eigenvalue weighted by atomic mass is 127. The number of thiophene rings is 1. The van der Waals surface area contributed by atoms with Crippen molar-refractivity contribution in [3.8, 4) is 0 Å². The second-order valence-corrected chi connectivity index (χ2v) is 7.36. The molecule has 3 rings (SSSR count).